The van der Waals surface area contributed by atoms with Gasteiger partial charge in [0.15, 0.2) is 5.78 Å². The number of carbonyl (C=O) groups is 1. The Morgan fingerprint density at radius 2 is 2.12 bits per heavy atom. The lowest BCUT2D eigenvalue weighted by atomic mass is 9.86. The van der Waals surface area contributed by atoms with Crippen molar-refractivity contribution in [2.45, 2.75) is 12.8 Å². The van der Waals surface area contributed by atoms with Crippen molar-refractivity contribution in [3.63, 3.8) is 0 Å². The molecule has 0 amide bonds. The van der Waals surface area contributed by atoms with Crippen molar-refractivity contribution in [1.29, 1.82) is 0 Å². The number of aromatic nitrogens is 1. The lowest BCUT2D eigenvalue weighted by Crippen LogP contribution is -2.22. The summed E-state index contributed by atoms with van der Waals surface area (Å²) in [6, 6.07) is 7.94. The van der Waals surface area contributed by atoms with Crippen LogP contribution >= 0.6 is 0 Å². The maximum absolute atomic E-state index is 11.9. The summed E-state index contributed by atoms with van der Waals surface area (Å²) in [5.74, 6) is 0.204. The second-order valence-electron chi connectivity index (χ2n) is 4.40. The number of ketones is 1. The second-order valence-corrected chi connectivity index (χ2v) is 4.40. The van der Waals surface area contributed by atoms with Crippen LogP contribution in [-0.2, 0) is 6.42 Å². The molecule has 0 fully saturated rings. The van der Waals surface area contributed by atoms with E-state index in [0.29, 0.717) is 6.42 Å². The molecular weight excluding hydrogens is 202 g/mol. The van der Waals surface area contributed by atoms with Crippen molar-refractivity contribution >= 4 is 16.7 Å². The van der Waals surface area contributed by atoms with Crippen LogP contribution in [0.3, 0.4) is 0 Å². The number of aliphatic hydroxyl groups excluding tert-OH is 1. The minimum Gasteiger partial charge on any atom is -0.396 e. The van der Waals surface area contributed by atoms with E-state index in [0.717, 1.165) is 28.6 Å². The zero-order chi connectivity index (χ0) is 11.1. The van der Waals surface area contributed by atoms with Gasteiger partial charge >= 0.3 is 0 Å². The van der Waals surface area contributed by atoms with Crippen LogP contribution in [0.15, 0.2) is 24.3 Å². The number of nitrogens with one attached hydrogen (secondary N) is 1. The van der Waals surface area contributed by atoms with Gasteiger partial charge in [0.25, 0.3) is 0 Å². The minimum atomic E-state index is 0.0826. The molecule has 0 bridgehead atoms. The molecule has 3 rings (SSSR count). The Bertz CT molecular complexity index is 556. The molecule has 1 aromatic heterocycles. The van der Waals surface area contributed by atoms with E-state index in [2.05, 4.69) is 4.98 Å². The van der Waals surface area contributed by atoms with Crippen molar-refractivity contribution < 1.29 is 9.90 Å². The molecule has 1 unspecified atom stereocenters. The van der Waals surface area contributed by atoms with Crippen LogP contribution in [-0.4, -0.2) is 22.5 Å². The number of rotatable bonds is 1. The molecular formula is C13H13NO2. The Morgan fingerprint density at radius 3 is 2.94 bits per heavy atom. The van der Waals surface area contributed by atoms with Crippen molar-refractivity contribution in [2.24, 2.45) is 5.92 Å². The topological polar surface area (TPSA) is 53.1 Å². The van der Waals surface area contributed by atoms with Gasteiger partial charge in [-0.25, -0.2) is 0 Å². The van der Waals surface area contributed by atoms with Crippen molar-refractivity contribution in [2.75, 3.05) is 6.61 Å². The maximum atomic E-state index is 11.9. The third kappa shape index (κ3) is 1.28. The number of benzene rings is 1. The van der Waals surface area contributed by atoms with Crippen LogP contribution in [0, 0.1) is 5.92 Å². The molecule has 82 valence electrons. The Balaban J connectivity index is 2.22. The van der Waals surface area contributed by atoms with Gasteiger partial charge < -0.3 is 10.1 Å². The molecule has 3 nitrogen and oxygen atoms in total. The smallest absolute Gasteiger partial charge is 0.179 e. The number of para-hydroxylation sites is 1. The van der Waals surface area contributed by atoms with Gasteiger partial charge in [-0.2, -0.15) is 0 Å². The first-order valence-corrected chi connectivity index (χ1v) is 5.53. The van der Waals surface area contributed by atoms with Crippen LogP contribution in [0.5, 0.6) is 0 Å². The van der Waals surface area contributed by atoms with Gasteiger partial charge in [-0.15, -0.1) is 0 Å². The average Bonchev–Trinajstić information content (AvgIpc) is 2.68. The molecule has 2 N–H and O–H groups in total. The number of aliphatic hydroxyl groups is 1. The summed E-state index contributed by atoms with van der Waals surface area (Å²) in [5.41, 5.74) is 2.83. The number of H-pyrrole nitrogens is 1. The van der Waals surface area contributed by atoms with Gasteiger partial charge in [-0.1, -0.05) is 18.2 Å². The molecule has 0 saturated carbocycles. The quantitative estimate of drug-likeness (QED) is 0.763. The van der Waals surface area contributed by atoms with Crippen molar-refractivity contribution in [3.8, 4) is 0 Å². The SMILES string of the molecule is O=C1CC(CO)Cc2c1[nH]c1ccccc21. The van der Waals surface area contributed by atoms with Crippen molar-refractivity contribution in [3.05, 3.63) is 35.5 Å². The third-order valence-electron chi connectivity index (χ3n) is 3.32. The summed E-state index contributed by atoms with van der Waals surface area (Å²) < 4.78 is 0. The normalized spacial score (nSPS) is 20.1. The van der Waals surface area contributed by atoms with Gasteiger partial charge in [0.1, 0.15) is 0 Å². The fourth-order valence-electron chi connectivity index (χ4n) is 2.50. The molecule has 1 aliphatic rings. The average molecular weight is 215 g/mol. The highest BCUT2D eigenvalue weighted by molar-refractivity contribution is 6.03. The molecule has 1 aromatic carbocycles. The summed E-state index contributed by atoms with van der Waals surface area (Å²) in [7, 11) is 0. The van der Waals surface area contributed by atoms with E-state index in [1.54, 1.807) is 0 Å². The fourth-order valence-corrected chi connectivity index (χ4v) is 2.50. The Labute approximate surface area is 93.1 Å². The first-order valence-electron chi connectivity index (χ1n) is 5.53. The van der Waals surface area contributed by atoms with E-state index < -0.39 is 0 Å². The van der Waals surface area contributed by atoms with Crippen LogP contribution in [0.25, 0.3) is 10.9 Å². The minimum absolute atomic E-state index is 0.0826. The number of aromatic amines is 1. The highest BCUT2D eigenvalue weighted by Gasteiger charge is 2.27. The Morgan fingerprint density at radius 1 is 1.31 bits per heavy atom. The molecule has 0 saturated heterocycles. The van der Waals surface area contributed by atoms with Gasteiger partial charge in [0.2, 0.25) is 0 Å². The van der Waals surface area contributed by atoms with Crippen LogP contribution in [0.2, 0.25) is 0 Å². The number of hydrogen-bond acceptors (Lipinski definition) is 2. The first kappa shape index (κ1) is 9.60. The van der Waals surface area contributed by atoms with Gasteiger partial charge in [0.05, 0.1) is 5.69 Å². The van der Waals surface area contributed by atoms with Gasteiger partial charge in [0, 0.05) is 23.9 Å². The molecule has 1 atom stereocenters. The second kappa shape index (κ2) is 3.46. The predicted molar refractivity (Wildman–Crippen MR) is 61.5 cm³/mol. The summed E-state index contributed by atoms with van der Waals surface area (Å²) in [6.07, 6.45) is 1.25. The summed E-state index contributed by atoms with van der Waals surface area (Å²) in [5, 5.41) is 10.3. The van der Waals surface area contributed by atoms with E-state index >= 15 is 0 Å². The predicted octanol–water partition coefficient (Wildman–Crippen LogP) is 1.91. The van der Waals surface area contributed by atoms with E-state index in [-0.39, 0.29) is 18.3 Å². The molecule has 0 radical (unpaired) electrons. The van der Waals surface area contributed by atoms with Crippen LogP contribution in [0.4, 0.5) is 0 Å². The maximum Gasteiger partial charge on any atom is 0.179 e. The molecule has 1 heterocycles. The molecule has 16 heavy (non-hydrogen) atoms. The van der Waals surface area contributed by atoms with E-state index in [9.17, 15) is 9.90 Å². The lowest BCUT2D eigenvalue weighted by molar-refractivity contribution is 0.0915. The summed E-state index contributed by atoms with van der Waals surface area (Å²) in [4.78, 5) is 15.1. The highest BCUT2D eigenvalue weighted by Crippen LogP contribution is 2.31. The molecule has 1 aliphatic carbocycles. The summed E-state index contributed by atoms with van der Waals surface area (Å²) in [6.45, 7) is 0.0880. The molecule has 2 aromatic rings. The van der Waals surface area contributed by atoms with Crippen LogP contribution < -0.4 is 0 Å². The molecule has 3 heteroatoms. The lowest BCUT2D eigenvalue weighted by Gasteiger charge is -2.19. The largest absolute Gasteiger partial charge is 0.396 e. The zero-order valence-corrected chi connectivity index (χ0v) is 8.86. The standard InChI is InChI=1S/C13H13NO2/c15-7-8-5-10-9-3-1-2-4-11(9)14-13(10)12(16)6-8/h1-4,8,14-15H,5-7H2. The van der Waals surface area contributed by atoms with Crippen molar-refractivity contribution in [1.82, 2.24) is 4.98 Å². The highest BCUT2D eigenvalue weighted by atomic mass is 16.3. The fraction of sp³-hybridized carbons (Fsp3) is 0.308. The summed E-state index contributed by atoms with van der Waals surface area (Å²) >= 11 is 0. The van der Waals surface area contributed by atoms with Gasteiger partial charge in [-0.3, -0.25) is 4.79 Å². The molecule has 0 aliphatic heterocycles. The Kier molecular flexibility index (Phi) is 2.07. The Hall–Kier alpha value is -1.61. The van der Waals surface area contributed by atoms with E-state index in [1.165, 1.54) is 0 Å². The monoisotopic (exact) mass is 215 g/mol. The number of carbonyl (C=O) groups excluding carboxylic acids is 1. The zero-order valence-electron chi connectivity index (χ0n) is 8.86. The third-order valence-corrected chi connectivity index (χ3v) is 3.32. The number of Topliss-reactive ketones (excluding diaryl/α,β-unsaturated/α-hetero) is 1. The van der Waals surface area contributed by atoms with E-state index in [1.807, 2.05) is 24.3 Å². The first-order chi connectivity index (χ1) is 7.79. The van der Waals surface area contributed by atoms with E-state index in [4.69, 9.17) is 0 Å². The van der Waals surface area contributed by atoms with Gasteiger partial charge in [-0.05, 0) is 24.0 Å². The molecule has 0 spiro atoms. The van der Waals surface area contributed by atoms with Crippen LogP contribution in [0.1, 0.15) is 22.5 Å². The number of hydrogen-bond donors (Lipinski definition) is 2. The number of fused-ring (bicyclic) bond motifs is 3.